The SMILES string of the molecule is CC(=O)CN(Cc1ccccc1)c1ccccc1C. The van der Waals surface area contributed by atoms with Crippen molar-refractivity contribution in [3.63, 3.8) is 0 Å². The van der Waals surface area contributed by atoms with Gasteiger partial charge in [0.15, 0.2) is 0 Å². The second kappa shape index (κ2) is 6.19. The minimum absolute atomic E-state index is 0.180. The molecule has 0 aliphatic carbocycles. The van der Waals surface area contributed by atoms with Crippen LogP contribution in [0.3, 0.4) is 0 Å². The van der Waals surface area contributed by atoms with Crippen LogP contribution in [0, 0.1) is 6.92 Å². The van der Waals surface area contributed by atoms with Crippen molar-refractivity contribution in [1.82, 2.24) is 0 Å². The molecule has 98 valence electrons. The second-order valence-electron chi connectivity index (χ2n) is 4.83. The molecule has 0 spiro atoms. The molecule has 0 saturated carbocycles. The summed E-state index contributed by atoms with van der Waals surface area (Å²) in [5, 5.41) is 0. The topological polar surface area (TPSA) is 20.3 Å². The van der Waals surface area contributed by atoms with Gasteiger partial charge in [0.1, 0.15) is 5.78 Å². The summed E-state index contributed by atoms with van der Waals surface area (Å²) in [6.07, 6.45) is 0. The van der Waals surface area contributed by atoms with Crippen LogP contribution in [-0.2, 0) is 11.3 Å². The van der Waals surface area contributed by atoms with Crippen LogP contribution in [0.25, 0.3) is 0 Å². The quantitative estimate of drug-likeness (QED) is 0.811. The molecule has 2 rings (SSSR count). The Bertz CT molecular complexity index is 548. The molecule has 0 aromatic heterocycles. The van der Waals surface area contributed by atoms with Crippen LogP contribution in [0.2, 0.25) is 0 Å². The number of anilines is 1. The Balaban J connectivity index is 2.26. The number of carbonyl (C=O) groups excluding carboxylic acids is 1. The van der Waals surface area contributed by atoms with Crippen molar-refractivity contribution < 1.29 is 4.79 Å². The Morgan fingerprint density at radius 3 is 2.26 bits per heavy atom. The van der Waals surface area contributed by atoms with Gasteiger partial charge < -0.3 is 4.90 Å². The molecule has 0 N–H and O–H groups in total. The molecular formula is C17H19NO. The van der Waals surface area contributed by atoms with Crippen LogP contribution in [0.15, 0.2) is 54.6 Å². The highest BCUT2D eigenvalue weighted by molar-refractivity contribution is 5.81. The van der Waals surface area contributed by atoms with E-state index in [-0.39, 0.29) is 5.78 Å². The number of para-hydroxylation sites is 1. The Morgan fingerprint density at radius 1 is 1.00 bits per heavy atom. The van der Waals surface area contributed by atoms with E-state index < -0.39 is 0 Å². The number of benzene rings is 2. The lowest BCUT2D eigenvalue weighted by Crippen LogP contribution is -2.28. The van der Waals surface area contributed by atoms with Crippen LogP contribution in [0.5, 0.6) is 0 Å². The minimum atomic E-state index is 0.180. The highest BCUT2D eigenvalue weighted by Gasteiger charge is 2.11. The van der Waals surface area contributed by atoms with E-state index >= 15 is 0 Å². The molecule has 0 radical (unpaired) electrons. The van der Waals surface area contributed by atoms with Crippen molar-refractivity contribution in [1.29, 1.82) is 0 Å². The Morgan fingerprint density at radius 2 is 1.63 bits per heavy atom. The van der Waals surface area contributed by atoms with Crippen molar-refractivity contribution >= 4 is 11.5 Å². The molecule has 2 heteroatoms. The molecule has 0 unspecified atom stereocenters. The maximum Gasteiger partial charge on any atom is 0.149 e. The van der Waals surface area contributed by atoms with Gasteiger partial charge >= 0.3 is 0 Å². The van der Waals surface area contributed by atoms with Gasteiger partial charge in [-0.3, -0.25) is 4.79 Å². The molecule has 0 atom stereocenters. The van der Waals surface area contributed by atoms with Crippen molar-refractivity contribution in [3.05, 3.63) is 65.7 Å². The monoisotopic (exact) mass is 253 g/mol. The normalized spacial score (nSPS) is 10.2. The van der Waals surface area contributed by atoms with E-state index in [1.165, 1.54) is 11.1 Å². The second-order valence-corrected chi connectivity index (χ2v) is 4.83. The predicted molar refractivity (Wildman–Crippen MR) is 79.4 cm³/mol. The lowest BCUT2D eigenvalue weighted by atomic mass is 10.1. The van der Waals surface area contributed by atoms with Crippen LogP contribution in [0.1, 0.15) is 18.1 Å². The van der Waals surface area contributed by atoms with Gasteiger partial charge in [-0.05, 0) is 31.0 Å². The molecule has 2 aromatic rings. The first-order valence-corrected chi connectivity index (χ1v) is 6.51. The molecular weight excluding hydrogens is 234 g/mol. The van der Waals surface area contributed by atoms with Gasteiger partial charge in [-0.2, -0.15) is 0 Å². The maximum absolute atomic E-state index is 11.5. The van der Waals surface area contributed by atoms with Gasteiger partial charge in [0.2, 0.25) is 0 Å². The molecule has 0 saturated heterocycles. The summed E-state index contributed by atoms with van der Waals surface area (Å²) in [5.74, 6) is 0.180. The Labute approximate surface area is 114 Å². The van der Waals surface area contributed by atoms with E-state index in [4.69, 9.17) is 0 Å². The maximum atomic E-state index is 11.5. The molecule has 2 nitrogen and oxygen atoms in total. The molecule has 0 aliphatic rings. The highest BCUT2D eigenvalue weighted by atomic mass is 16.1. The summed E-state index contributed by atoms with van der Waals surface area (Å²) in [5.41, 5.74) is 3.54. The fourth-order valence-electron chi connectivity index (χ4n) is 2.22. The Kier molecular flexibility index (Phi) is 4.35. The molecule has 0 bridgehead atoms. The number of carbonyl (C=O) groups is 1. The van der Waals surface area contributed by atoms with E-state index in [9.17, 15) is 4.79 Å². The predicted octanol–water partition coefficient (Wildman–Crippen LogP) is 3.59. The smallest absolute Gasteiger partial charge is 0.149 e. The zero-order valence-corrected chi connectivity index (χ0v) is 11.5. The van der Waals surface area contributed by atoms with Crippen LogP contribution < -0.4 is 4.90 Å². The summed E-state index contributed by atoms with van der Waals surface area (Å²) in [7, 11) is 0. The highest BCUT2D eigenvalue weighted by Crippen LogP contribution is 2.21. The van der Waals surface area contributed by atoms with Crippen LogP contribution in [0.4, 0.5) is 5.69 Å². The van der Waals surface area contributed by atoms with Crippen LogP contribution in [-0.4, -0.2) is 12.3 Å². The van der Waals surface area contributed by atoms with Crippen molar-refractivity contribution in [2.75, 3.05) is 11.4 Å². The van der Waals surface area contributed by atoms with E-state index in [0.717, 1.165) is 12.2 Å². The van der Waals surface area contributed by atoms with Crippen LogP contribution >= 0.6 is 0 Å². The summed E-state index contributed by atoms with van der Waals surface area (Å²) in [6, 6.07) is 18.4. The molecule has 0 amide bonds. The number of rotatable bonds is 5. The van der Waals surface area contributed by atoms with Gasteiger partial charge in [0.05, 0.1) is 6.54 Å². The van der Waals surface area contributed by atoms with Crippen molar-refractivity contribution in [3.8, 4) is 0 Å². The minimum Gasteiger partial charge on any atom is -0.360 e. The van der Waals surface area contributed by atoms with E-state index in [1.807, 2.05) is 30.3 Å². The summed E-state index contributed by atoms with van der Waals surface area (Å²) in [4.78, 5) is 13.6. The van der Waals surface area contributed by atoms with E-state index in [1.54, 1.807) is 6.92 Å². The molecule has 0 aliphatic heterocycles. The van der Waals surface area contributed by atoms with Crippen molar-refractivity contribution in [2.24, 2.45) is 0 Å². The third kappa shape index (κ3) is 3.68. The number of aryl methyl sites for hydroxylation is 1. The number of Topliss-reactive ketones (excluding diaryl/α,β-unsaturated/α-hetero) is 1. The van der Waals surface area contributed by atoms with Gasteiger partial charge in [-0.25, -0.2) is 0 Å². The van der Waals surface area contributed by atoms with Gasteiger partial charge in [-0.1, -0.05) is 48.5 Å². The third-order valence-corrected chi connectivity index (χ3v) is 3.09. The molecule has 2 aromatic carbocycles. The van der Waals surface area contributed by atoms with E-state index in [2.05, 4.69) is 36.1 Å². The standard InChI is InChI=1S/C17H19NO/c1-14-8-6-7-11-17(14)18(12-15(2)19)13-16-9-4-3-5-10-16/h3-11H,12-13H2,1-2H3. The number of ketones is 1. The first-order chi connectivity index (χ1) is 9.16. The van der Waals surface area contributed by atoms with Gasteiger partial charge in [-0.15, -0.1) is 0 Å². The molecule has 19 heavy (non-hydrogen) atoms. The first kappa shape index (κ1) is 13.3. The van der Waals surface area contributed by atoms with Gasteiger partial charge in [0.25, 0.3) is 0 Å². The summed E-state index contributed by atoms with van der Waals surface area (Å²) < 4.78 is 0. The molecule has 0 heterocycles. The lowest BCUT2D eigenvalue weighted by Gasteiger charge is -2.25. The number of nitrogens with zero attached hydrogens (tertiary/aromatic N) is 1. The fourth-order valence-corrected chi connectivity index (χ4v) is 2.22. The summed E-state index contributed by atoms with van der Waals surface area (Å²) in [6.45, 7) is 4.91. The average molecular weight is 253 g/mol. The number of hydrogen-bond donors (Lipinski definition) is 0. The third-order valence-electron chi connectivity index (χ3n) is 3.09. The van der Waals surface area contributed by atoms with Crippen molar-refractivity contribution in [2.45, 2.75) is 20.4 Å². The lowest BCUT2D eigenvalue weighted by molar-refractivity contribution is -0.115. The zero-order valence-electron chi connectivity index (χ0n) is 11.5. The largest absolute Gasteiger partial charge is 0.360 e. The fraction of sp³-hybridized carbons (Fsp3) is 0.235. The van der Waals surface area contributed by atoms with Gasteiger partial charge in [0, 0.05) is 12.2 Å². The average Bonchev–Trinajstić information content (AvgIpc) is 2.39. The van der Waals surface area contributed by atoms with E-state index in [0.29, 0.717) is 6.54 Å². The Hall–Kier alpha value is -2.09. The number of hydrogen-bond acceptors (Lipinski definition) is 2. The molecule has 0 fully saturated rings. The first-order valence-electron chi connectivity index (χ1n) is 6.51. The zero-order chi connectivity index (χ0) is 13.7. The summed E-state index contributed by atoms with van der Waals surface area (Å²) >= 11 is 0.